The Hall–Kier alpha value is -1.88. The molecular formula is C23H33N5. The van der Waals surface area contributed by atoms with Crippen LogP contribution in [0.3, 0.4) is 0 Å². The number of aromatic nitrogens is 3. The molecule has 3 aliphatic rings. The molecule has 2 aliphatic heterocycles. The van der Waals surface area contributed by atoms with Crippen molar-refractivity contribution in [3.8, 4) is 11.4 Å². The fraction of sp³-hybridized carbons (Fsp3) is 0.652. The number of likely N-dealkylation sites (tertiary alicyclic amines) is 1. The van der Waals surface area contributed by atoms with Crippen LogP contribution in [0.15, 0.2) is 30.6 Å². The minimum Gasteiger partial charge on any atom is -0.350 e. The van der Waals surface area contributed by atoms with Gasteiger partial charge in [0.2, 0.25) is 0 Å². The molecule has 0 N–H and O–H groups in total. The lowest BCUT2D eigenvalue weighted by Crippen LogP contribution is -2.59. The summed E-state index contributed by atoms with van der Waals surface area (Å²) in [4.78, 5) is 9.87. The number of rotatable bonds is 2. The number of fused-ring (bicyclic) bond motifs is 4. The van der Waals surface area contributed by atoms with E-state index in [1.807, 2.05) is 0 Å². The molecular weight excluding hydrogens is 346 g/mol. The molecule has 150 valence electrons. The van der Waals surface area contributed by atoms with Gasteiger partial charge in [0.25, 0.3) is 0 Å². The first-order valence-electron chi connectivity index (χ1n) is 11.1. The van der Waals surface area contributed by atoms with Crippen LogP contribution in [0.25, 0.3) is 11.4 Å². The van der Waals surface area contributed by atoms with Crippen molar-refractivity contribution in [3.63, 3.8) is 0 Å². The van der Waals surface area contributed by atoms with Crippen molar-refractivity contribution >= 4 is 5.69 Å². The Morgan fingerprint density at radius 3 is 2.46 bits per heavy atom. The van der Waals surface area contributed by atoms with Gasteiger partial charge in [0, 0.05) is 50.3 Å². The third-order valence-electron chi connectivity index (χ3n) is 7.87. The normalized spacial score (nSPS) is 27.1. The summed E-state index contributed by atoms with van der Waals surface area (Å²) in [5, 5.41) is 4.70. The van der Waals surface area contributed by atoms with Gasteiger partial charge in [0.05, 0.1) is 0 Å². The maximum Gasteiger partial charge on any atom is 0.162 e. The van der Waals surface area contributed by atoms with Crippen molar-refractivity contribution in [3.05, 3.63) is 30.6 Å². The Kier molecular flexibility index (Phi) is 4.46. The average Bonchev–Trinajstić information content (AvgIpc) is 3.24. The highest BCUT2D eigenvalue weighted by molar-refractivity contribution is 5.77. The van der Waals surface area contributed by atoms with Gasteiger partial charge in [0.1, 0.15) is 12.0 Å². The van der Waals surface area contributed by atoms with Crippen molar-refractivity contribution in [1.82, 2.24) is 19.7 Å². The summed E-state index contributed by atoms with van der Waals surface area (Å²) in [5.41, 5.74) is 2.41. The van der Waals surface area contributed by atoms with Gasteiger partial charge in [-0.1, -0.05) is 26.0 Å². The molecule has 5 nitrogen and oxygen atoms in total. The van der Waals surface area contributed by atoms with Gasteiger partial charge in [-0.05, 0) is 49.7 Å². The maximum atomic E-state index is 4.70. The molecule has 5 rings (SSSR count). The van der Waals surface area contributed by atoms with E-state index in [0.717, 1.165) is 49.6 Å². The third-order valence-corrected chi connectivity index (χ3v) is 7.87. The molecule has 0 atom stereocenters. The molecule has 0 bridgehead atoms. The van der Waals surface area contributed by atoms with Gasteiger partial charge in [-0.15, -0.1) is 0 Å². The van der Waals surface area contributed by atoms with E-state index in [1.54, 1.807) is 6.33 Å². The number of para-hydroxylation sites is 1. The molecule has 0 amide bonds. The van der Waals surface area contributed by atoms with Crippen molar-refractivity contribution < 1.29 is 0 Å². The fourth-order valence-corrected chi connectivity index (χ4v) is 5.98. The van der Waals surface area contributed by atoms with E-state index in [2.05, 4.69) is 64.6 Å². The van der Waals surface area contributed by atoms with Gasteiger partial charge >= 0.3 is 0 Å². The number of nitrogens with zero attached hydrogens (tertiary/aromatic N) is 5. The second-order valence-corrected chi connectivity index (χ2v) is 9.40. The Morgan fingerprint density at radius 1 is 1.04 bits per heavy atom. The summed E-state index contributed by atoms with van der Waals surface area (Å²) in [6, 6.07) is 9.41. The number of anilines is 1. The predicted octanol–water partition coefficient (Wildman–Crippen LogP) is 4.36. The topological polar surface area (TPSA) is 37.2 Å². The zero-order chi connectivity index (χ0) is 19.3. The monoisotopic (exact) mass is 379 g/mol. The number of hydrogen-bond donors (Lipinski definition) is 0. The van der Waals surface area contributed by atoms with E-state index in [4.69, 9.17) is 5.10 Å². The van der Waals surface area contributed by atoms with Crippen molar-refractivity contribution in [2.24, 2.45) is 11.8 Å². The van der Waals surface area contributed by atoms with Crippen LogP contribution in [-0.4, -0.2) is 45.8 Å². The molecule has 5 heteroatoms. The van der Waals surface area contributed by atoms with E-state index in [9.17, 15) is 0 Å². The van der Waals surface area contributed by atoms with Crippen LogP contribution < -0.4 is 4.90 Å². The van der Waals surface area contributed by atoms with Crippen LogP contribution in [0.1, 0.15) is 52.4 Å². The van der Waals surface area contributed by atoms with E-state index in [1.165, 1.54) is 36.9 Å². The number of benzene rings is 1. The Balaban J connectivity index is 1.35. The number of piperidine rings is 1. The van der Waals surface area contributed by atoms with Crippen LogP contribution in [0.5, 0.6) is 0 Å². The quantitative estimate of drug-likeness (QED) is 0.777. The summed E-state index contributed by atoms with van der Waals surface area (Å²) in [6.07, 6.45) is 9.52. The van der Waals surface area contributed by atoms with Gasteiger partial charge in [0.15, 0.2) is 5.82 Å². The third kappa shape index (κ3) is 2.70. The van der Waals surface area contributed by atoms with Crippen LogP contribution in [0.2, 0.25) is 0 Å². The zero-order valence-electron chi connectivity index (χ0n) is 17.5. The summed E-state index contributed by atoms with van der Waals surface area (Å²) >= 11 is 0. The van der Waals surface area contributed by atoms with Gasteiger partial charge < -0.3 is 9.80 Å². The molecule has 3 heterocycles. The molecule has 2 fully saturated rings. The number of hydrogen-bond acceptors (Lipinski definition) is 4. The standard InChI is InChI=1S/C23H33N5/c1-17(2)18-8-10-19(11-9-18)27-14-12-23(13-15-27)26(3)21-7-5-4-6-20(21)22-24-16-25-28(22)23/h4-7,16-19H,8-15H2,1-3H3. The van der Waals surface area contributed by atoms with Crippen LogP contribution in [0, 0.1) is 11.8 Å². The minimum absolute atomic E-state index is 0.0776. The molecule has 0 radical (unpaired) electrons. The molecule has 1 aromatic heterocycles. The van der Waals surface area contributed by atoms with E-state index in [-0.39, 0.29) is 5.66 Å². The Bertz CT molecular complexity index is 825. The van der Waals surface area contributed by atoms with Crippen LogP contribution >= 0.6 is 0 Å². The maximum absolute atomic E-state index is 4.70. The second-order valence-electron chi connectivity index (χ2n) is 9.40. The van der Waals surface area contributed by atoms with Crippen molar-refractivity contribution in [2.45, 2.75) is 64.1 Å². The summed E-state index contributed by atoms with van der Waals surface area (Å²) in [5.74, 6) is 2.80. The summed E-state index contributed by atoms with van der Waals surface area (Å²) in [6.45, 7) is 7.09. The Labute approximate surface area is 168 Å². The highest BCUT2D eigenvalue weighted by Gasteiger charge is 2.47. The van der Waals surface area contributed by atoms with E-state index >= 15 is 0 Å². The minimum atomic E-state index is -0.0776. The molecule has 1 aliphatic carbocycles. The average molecular weight is 380 g/mol. The lowest BCUT2D eigenvalue weighted by Gasteiger charge is -2.52. The van der Waals surface area contributed by atoms with Gasteiger partial charge in [-0.2, -0.15) is 5.10 Å². The molecule has 1 saturated heterocycles. The van der Waals surface area contributed by atoms with E-state index in [0.29, 0.717) is 0 Å². The van der Waals surface area contributed by atoms with Gasteiger partial charge in [-0.25, -0.2) is 9.67 Å². The first-order valence-corrected chi connectivity index (χ1v) is 11.1. The Morgan fingerprint density at radius 2 is 1.75 bits per heavy atom. The molecule has 0 unspecified atom stereocenters. The lowest BCUT2D eigenvalue weighted by molar-refractivity contribution is 0.0466. The fourth-order valence-electron chi connectivity index (χ4n) is 5.98. The van der Waals surface area contributed by atoms with Gasteiger partial charge in [-0.3, -0.25) is 0 Å². The largest absolute Gasteiger partial charge is 0.350 e. The predicted molar refractivity (Wildman–Crippen MR) is 113 cm³/mol. The first kappa shape index (κ1) is 18.2. The zero-order valence-corrected chi connectivity index (χ0v) is 17.5. The molecule has 1 aromatic carbocycles. The SMILES string of the molecule is CC(C)C1CCC(N2CCC3(CC2)N(C)c2ccccc2-c2ncnn23)CC1. The highest BCUT2D eigenvalue weighted by atomic mass is 15.5. The molecule has 1 saturated carbocycles. The first-order chi connectivity index (χ1) is 13.6. The smallest absolute Gasteiger partial charge is 0.162 e. The summed E-state index contributed by atoms with van der Waals surface area (Å²) in [7, 11) is 2.24. The molecule has 2 aromatic rings. The molecule has 1 spiro atoms. The highest BCUT2D eigenvalue weighted by Crippen LogP contribution is 2.46. The molecule has 28 heavy (non-hydrogen) atoms. The van der Waals surface area contributed by atoms with E-state index < -0.39 is 0 Å². The lowest BCUT2D eigenvalue weighted by atomic mass is 9.78. The van der Waals surface area contributed by atoms with Crippen LogP contribution in [0.4, 0.5) is 5.69 Å². The van der Waals surface area contributed by atoms with Crippen molar-refractivity contribution in [2.75, 3.05) is 25.0 Å². The van der Waals surface area contributed by atoms with Crippen molar-refractivity contribution in [1.29, 1.82) is 0 Å². The summed E-state index contributed by atoms with van der Waals surface area (Å²) < 4.78 is 2.21. The van der Waals surface area contributed by atoms with Crippen LogP contribution in [-0.2, 0) is 5.66 Å². The second kappa shape index (κ2) is 6.87.